The number of nitrogens with zero attached hydrogens (tertiary/aromatic N) is 1. The minimum Gasteiger partial charge on any atom is -0.480 e. The molecule has 0 bridgehead atoms. The minimum absolute atomic E-state index is 0.132. The molecule has 0 radical (unpaired) electrons. The third-order valence-corrected chi connectivity index (χ3v) is 2.07. The molecule has 0 rings (SSSR count). The first kappa shape index (κ1) is 15.2. The van der Waals surface area contributed by atoms with E-state index in [-0.39, 0.29) is 12.5 Å². The summed E-state index contributed by atoms with van der Waals surface area (Å²) in [5.74, 6) is -1.62. The monoisotopic (exact) mass is 245 g/mol. The number of guanidine groups is 1. The quantitative estimate of drug-likeness (QED) is 0.201. The summed E-state index contributed by atoms with van der Waals surface area (Å²) in [4.78, 5) is 23.0. The van der Waals surface area contributed by atoms with Crippen molar-refractivity contribution in [3.63, 3.8) is 0 Å². The highest BCUT2D eigenvalue weighted by Gasteiger charge is 2.19. The van der Waals surface area contributed by atoms with Crippen LogP contribution in [-0.4, -0.2) is 54.0 Å². The van der Waals surface area contributed by atoms with Gasteiger partial charge in [-0.05, 0) is 12.8 Å². The molecule has 0 aromatic rings. The van der Waals surface area contributed by atoms with Crippen molar-refractivity contribution in [1.82, 2.24) is 10.2 Å². The molecule has 0 aliphatic rings. The third-order valence-electron chi connectivity index (χ3n) is 2.07. The first-order chi connectivity index (χ1) is 7.84. The summed E-state index contributed by atoms with van der Waals surface area (Å²) >= 11 is 0. The summed E-state index contributed by atoms with van der Waals surface area (Å²) in [6.45, 7) is 0.0944. The Bertz CT molecular complexity index is 294. The highest BCUT2D eigenvalue weighted by molar-refractivity contribution is 5.84. The minimum atomic E-state index is -1.08. The number of carboxylic acid groups (broad SMARTS) is 1. The molecule has 17 heavy (non-hydrogen) atoms. The fraction of sp³-hybridized carbons (Fsp3) is 0.667. The van der Waals surface area contributed by atoms with E-state index in [0.29, 0.717) is 19.4 Å². The van der Waals surface area contributed by atoms with E-state index in [0.717, 1.165) is 4.90 Å². The molecule has 1 atom stereocenters. The molecule has 7 N–H and O–H groups in total. The fourth-order valence-electron chi connectivity index (χ4n) is 1.23. The van der Waals surface area contributed by atoms with Crippen molar-refractivity contribution >= 4 is 17.8 Å². The molecular formula is C9H19N5O3. The first-order valence-corrected chi connectivity index (χ1v) is 5.14. The van der Waals surface area contributed by atoms with Crippen LogP contribution in [0.2, 0.25) is 0 Å². The maximum absolute atomic E-state index is 11.6. The average molecular weight is 245 g/mol. The molecule has 0 saturated heterocycles. The second-order valence-corrected chi connectivity index (χ2v) is 3.68. The number of carbonyl (C=O) groups excluding carboxylic acids is 1. The first-order valence-electron chi connectivity index (χ1n) is 5.14. The highest BCUT2D eigenvalue weighted by Crippen LogP contribution is 1.98. The van der Waals surface area contributed by atoms with Crippen molar-refractivity contribution in [2.24, 2.45) is 11.5 Å². The topological polar surface area (TPSA) is 146 Å². The normalized spacial score (nSPS) is 11.6. The number of rotatable bonds is 7. The van der Waals surface area contributed by atoms with Crippen molar-refractivity contribution in [3.05, 3.63) is 0 Å². The second kappa shape index (κ2) is 7.44. The number of hydrogen-bond donors (Lipinski definition) is 5. The summed E-state index contributed by atoms with van der Waals surface area (Å²) in [5.41, 5.74) is 10.7. The maximum Gasteiger partial charge on any atom is 0.323 e. The van der Waals surface area contributed by atoms with E-state index in [1.54, 1.807) is 0 Å². The van der Waals surface area contributed by atoms with Gasteiger partial charge in [-0.25, -0.2) is 0 Å². The van der Waals surface area contributed by atoms with E-state index in [4.69, 9.17) is 22.0 Å². The van der Waals surface area contributed by atoms with Gasteiger partial charge in [0.15, 0.2) is 5.96 Å². The van der Waals surface area contributed by atoms with Crippen molar-refractivity contribution < 1.29 is 14.7 Å². The molecule has 8 heteroatoms. The van der Waals surface area contributed by atoms with Crippen LogP contribution >= 0.6 is 0 Å². The Labute approximate surface area is 99.5 Å². The lowest BCUT2D eigenvalue weighted by Gasteiger charge is -2.19. The Balaban J connectivity index is 3.88. The Kier molecular flexibility index (Phi) is 6.64. The van der Waals surface area contributed by atoms with Crippen molar-refractivity contribution in [2.75, 3.05) is 20.1 Å². The molecular weight excluding hydrogens is 226 g/mol. The number of carboxylic acids is 1. The van der Waals surface area contributed by atoms with Crippen LogP contribution in [0.4, 0.5) is 0 Å². The molecule has 0 heterocycles. The van der Waals surface area contributed by atoms with Gasteiger partial charge in [-0.15, -0.1) is 0 Å². The van der Waals surface area contributed by atoms with Crippen LogP contribution in [0.1, 0.15) is 12.8 Å². The smallest absolute Gasteiger partial charge is 0.323 e. The Hall–Kier alpha value is -1.83. The summed E-state index contributed by atoms with van der Waals surface area (Å²) < 4.78 is 0. The maximum atomic E-state index is 11.6. The molecule has 8 nitrogen and oxygen atoms in total. The number of nitrogens with two attached hydrogens (primary N) is 2. The van der Waals surface area contributed by atoms with E-state index in [9.17, 15) is 9.59 Å². The van der Waals surface area contributed by atoms with E-state index >= 15 is 0 Å². The number of aliphatic carboxylic acids is 1. The van der Waals surface area contributed by atoms with E-state index in [1.165, 1.54) is 7.05 Å². The Morgan fingerprint density at radius 2 is 2.12 bits per heavy atom. The zero-order valence-corrected chi connectivity index (χ0v) is 9.77. The van der Waals surface area contributed by atoms with Gasteiger partial charge in [0.1, 0.15) is 6.54 Å². The number of carbonyl (C=O) groups is 2. The highest BCUT2D eigenvalue weighted by atomic mass is 16.4. The molecule has 1 amide bonds. The van der Waals surface area contributed by atoms with Crippen molar-refractivity contribution in [3.8, 4) is 0 Å². The molecule has 0 spiro atoms. The lowest BCUT2D eigenvalue weighted by molar-refractivity contribution is -0.144. The average Bonchev–Trinajstić information content (AvgIpc) is 2.21. The molecule has 98 valence electrons. The largest absolute Gasteiger partial charge is 0.480 e. The standard InChI is InChI=1S/C9H19N5O3/c1-14(5-7(15)16)8(17)6(10)3-2-4-13-9(11)12/h6H,2-5,10H2,1H3,(H,15,16)(H4,11,12,13). The van der Waals surface area contributed by atoms with Gasteiger partial charge >= 0.3 is 5.97 Å². The zero-order valence-electron chi connectivity index (χ0n) is 9.77. The number of hydrogen-bond acceptors (Lipinski definition) is 4. The van der Waals surface area contributed by atoms with Gasteiger partial charge in [-0.3, -0.25) is 15.0 Å². The molecule has 1 unspecified atom stereocenters. The molecule has 0 aliphatic heterocycles. The van der Waals surface area contributed by atoms with Gasteiger partial charge in [-0.1, -0.05) is 0 Å². The van der Waals surface area contributed by atoms with Crippen molar-refractivity contribution in [1.29, 1.82) is 5.41 Å². The molecule has 0 fully saturated rings. The number of amides is 1. The molecule has 0 aromatic carbocycles. The van der Waals surface area contributed by atoms with Crippen LogP contribution < -0.4 is 16.8 Å². The number of nitrogens with one attached hydrogen (secondary N) is 2. The van der Waals surface area contributed by atoms with E-state index in [2.05, 4.69) is 5.32 Å². The van der Waals surface area contributed by atoms with E-state index in [1.807, 2.05) is 0 Å². The van der Waals surface area contributed by atoms with Crippen LogP contribution in [0, 0.1) is 5.41 Å². The van der Waals surface area contributed by atoms with Gasteiger partial charge in [0.25, 0.3) is 0 Å². The van der Waals surface area contributed by atoms with Gasteiger partial charge in [0.05, 0.1) is 6.04 Å². The van der Waals surface area contributed by atoms with Crippen LogP contribution in [0.3, 0.4) is 0 Å². The Morgan fingerprint density at radius 1 is 1.53 bits per heavy atom. The van der Waals surface area contributed by atoms with Crippen LogP contribution in [0.25, 0.3) is 0 Å². The van der Waals surface area contributed by atoms with E-state index < -0.39 is 17.9 Å². The second-order valence-electron chi connectivity index (χ2n) is 3.68. The Morgan fingerprint density at radius 3 is 2.59 bits per heavy atom. The fourth-order valence-corrected chi connectivity index (χ4v) is 1.23. The summed E-state index contributed by atoms with van der Waals surface area (Å²) in [7, 11) is 1.39. The van der Waals surface area contributed by atoms with Gasteiger partial charge in [0, 0.05) is 13.6 Å². The van der Waals surface area contributed by atoms with Crippen LogP contribution in [-0.2, 0) is 9.59 Å². The summed E-state index contributed by atoms with van der Waals surface area (Å²) in [6, 6.07) is -0.729. The SMILES string of the molecule is CN(CC(=O)O)C(=O)C(N)CCCNC(=N)N. The predicted octanol–water partition coefficient (Wildman–Crippen LogP) is -1.88. The van der Waals surface area contributed by atoms with Crippen LogP contribution in [0.5, 0.6) is 0 Å². The lowest BCUT2D eigenvalue weighted by Crippen LogP contribution is -2.44. The summed E-state index contributed by atoms with van der Waals surface area (Å²) in [5, 5.41) is 18.0. The third kappa shape index (κ3) is 7.12. The molecule has 0 aromatic heterocycles. The van der Waals surface area contributed by atoms with Crippen LogP contribution in [0.15, 0.2) is 0 Å². The van der Waals surface area contributed by atoms with Gasteiger partial charge < -0.3 is 26.8 Å². The number of likely N-dealkylation sites (N-methyl/N-ethyl adjacent to an activating group) is 1. The van der Waals surface area contributed by atoms with Crippen molar-refractivity contribution in [2.45, 2.75) is 18.9 Å². The van der Waals surface area contributed by atoms with Gasteiger partial charge in [0.2, 0.25) is 5.91 Å². The molecule has 0 aliphatic carbocycles. The zero-order chi connectivity index (χ0) is 13.4. The molecule has 0 saturated carbocycles. The van der Waals surface area contributed by atoms with Gasteiger partial charge in [-0.2, -0.15) is 0 Å². The predicted molar refractivity (Wildman–Crippen MR) is 62.4 cm³/mol. The lowest BCUT2D eigenvalue weighted by atomic mass is 10.1. The summed E-state index contributed by atoms with van der Waals surface area (Å²) in [6.07, 6.45) is 0.983.